The summed E-state index contributed by atoms with van der Waals surface area (Å²) in [6, 6.07) is 5.26. The van der Waals surface area contributed by atoms with E-state index in [9.17, 15) is 9.59 Å². The number of hydrogen-bond acceptors (Lipinski definition) is 3. The number of carbonyl (C=O) groups excluding carboxylic acids is 2. The molecule has 1 saturated heterocycles. The molecule has 0 spiro atoms. The average Bonchev–Trinajstić information content (AvgIpc) is 2.48. The molecule has 0 bridgehead atoms. The monoisotopic (exact) mass is 309 g/mol. The van der Waals surface area contributed by atoms with Crippen molar-refractivity contribution in [3.05, 3.63) is 34.3 Å². The Kier molecular flexibility index (Phi) is 5.20. The first kappa shape index (κ1) is 15.8. The molecule has 0 aromatic heterocycles. The maximum atomic E-state index is 12.8. The minimum atomic E-state index is -0.499. The van der Waals surface area contributed by atoms with Crippen molar-refractivity contribution in [2.75, 3.05) is 19.6 Å². The molecule has 2 amide bonds. The molecule has 21 heavy (non-hydrogen) atoms. The highest BCUT2D eigenvalue weighted by Gasteiger charge is 2.28. The van der Waals surface area contributed by atoms with E-state index in [0.29, 0.717) is 10.6 Å². The molecule has 0 unspecified atom stereocenters. The van der Waals surface area contributed by atoms with Crippen LogP contribution >= 0.6 is 11.6 Å². The Balaban J connectivity index is 2.28. The zero-order valence-corrected chi connectivity index (χ0v) is 12.8. The lowest BCUT2D eigenvalue weighted by molar-refractivity contribution is -0.119. The van der Waals surface area contributed by atoms with Gasteiger partial charge in [-0.25, -0.2) is 0 Å². The van der Waals surface area contributed by atoms with Crippen molar-refractivity contribution in [3.8, 4) is 0 Å². The molecular formula is C15H20ClN3O2. The van der Waals surface area contributed by atoms with Crippen LogP contribution in [-0.2, 0) is 4.79 Å². The van der Waals surface area contributed by atoms with Crippen molar-refractivity contribution in [1.82, 2.24) is 10.2 Å². The number of piperidine rings is 1. The van der Waals surface area contributed by atoms with Crippen LogP contribution in [0.5, 0.6) is 0 Å². The van der Waals surface area contributed by atoms with Gasteiger partial charge in [0.25, 0.3) is 5.91 Å². The molecule has 5 nitrogen and oxygen atoms in total. The lowest BCUT2D eigenvalue weighted by Gasteiger charge is -2.34. The maximum Gasteiger partial charge on any atom is 0.254 e. The Morgan fingerprint density at radius 3 is 2.67 bits per heavy atom. The van der Waals surface area contributed by atoms with E-state index in [2.05, 4.69) is 5.32 Å². The van der Waals surface area contributed by atoms with Gasteiger partial charge < -0.3 is 16.0 Å². The van der Waals surface area contributed by atoms with Crippen LogP contribution in [0.25, 0.3) is 0 Å². The molecule has 1 heterocycles. The van der Waals surface area contributed by atoms with Crippen molar-refractivity contribution in [1.29, 1.82) is 0 Å². The Morgan fingerprint density at radius 1 is 1.38 bits per heavy atom. The van der Waals surface area contributed by atoms with Gasteiger partial charge >= 0.3 is 0 Å². The van der Waals surface area contributed by atoms with Gasteiger partial charge in [0.05, 0.1) is 6.54 Å². The number of hydrogen-bond donors (Lipinski definition) is 2. The number of carbonyl (C=O) groups is 2. The summed E-state index contributed by atoms with van der Waals surface area (Å²) in [7, 11) is 0. The van der Waals surface area contributed by atoms with Crippen LogP contribution in [0, 0.1) is 6.92 Å². The summed E-state index contributed by atoms with van der Waals surface area (Å²) >= 11 is 6.08. The van der Waals surface area contributed by atoms with Gasteiger partial charge in [-0.15, -0.1) is 0 Å². The third-order valence-electron chi connectivity index (χ3n) is 3.83. The van der Waals surface area contributed by atoms with Crippen LogP contribution in [0.1, 0.15) is 28.8 Å². The average molecular weight is 310 g/mol. The second kappa shape index (κ2) is 6.91. The van der Waals surface area contributed by atoms with Gasteiger partial charge in [0.15, 0.2) is 0 Å². The fraction of sp³-hybridized carbons (Fsp3) is 0.467. The molecule has 1 aromatic rings. The van der Waals surface area contributed by atoms with Gasteiger partial charge in [-0.1, -0.05) is 17.7 Å². The molecule has 1 aromatic carbocycles. The molecule has 0 saturated carbocycles. The molecule has 1 aliphatic heterocycles. The molecule has 0 radical (unpaired) electrons. The number of benzene rings is 1. The summed E-state index contributed by atoms with van der Waals surface area (Å²) in [6.45, 7) is 3.42. The maximum absolute atomic E-state index is 12.8. The van der Waals surface area contributed by atoms with Gasteiger partial charge in [0.1, 0.15) is 0 Å². The fourth-order valence-electron chi connectivity index (χ4n) is 2.65. The fourth-order valence-corrected chi connectivity index (χ4v) is 2.82. The molecule has 1 fully saturated rings. The SMILES string of the molecule is Cc1c(Cl)cccc1C(=O)N(CC(N)=O)C1CCNCC1. The molecule has 2 rings (SSSR count). The number of rotatable bonds is 4. The van der Waals surface area contributed by atoms with E-state index in [4.69, 9.17) is 17.3 Å². The summed E-state index contributed by atoms with van der Waals surface area (Å²) < 4.78 is 0. The normalized spacial score (nSPS) is 15.7. The highest BCUT2D eigenvalue weighted by Crippen LogP contribution is 2.22. The van der Waals surface area contributed by atoms with E-state index in [1.54, 1.807) is 30.0 Å². The molecular weight excluding hydrogens is 290 g/mol. The predicted octanol–water partition coefficient (Wildman–Crippen LogP) is 1.33. The highest BCUT2D eigenvalue weighted by molar-refractivity contribution is 6.31. The topological polar surface area (TPSA) is 75.4 Å². The van der Waals surface area contributed by atoms with E-state index in [-0.39, 0.29) is 18.5 Å². The van der Waals surface area contributed by atoms with Crippen LogP contribution in [0.15, 0.2) is 18.2 Å². The van der Waals surface area contributed by atoms with Crippen molar-refractivity contribution in [2.24, 2.45) is 5.73 Å². The summed E-state index contributed by atoms with van der Waals surface area (Å²) in [5, 5.41) is 3.79. The summed E-state index contributed by atoms with van der Waals surface area (Å²) in [5.74, 6) is -0.678. The van der Waals surface area contributed by atoms with Crippen molar-refractivity contribution >= 4 is 23.4 Å². The zero-order valence-electron chi connectivity index (χ0n) is 12.1. The van der Waals surface area contributed by atoms with Crippen LogP contribution in [0.3, 0.4) is 0 Å². The van der Waals surface area contributed by atoms with Crippen molar-refractivity contribution in [2.45, 2.75) is 25.8 Å². The number of primary amides is 1. The Labute approximate surface area is 129 Å². The van der Waals surface area contributed by atoms with Crippen LogP contribution < -0.4 is 11.1 Å². The molecule has 0 atom stereocenters. The second-order valence-corrected chi connectivity index (χ2v) is 5.70. The lowest BCUT2D eigenvalue weighted by Crippen LogP contribution is -2.49. The molecule has 114 valence electrons. The van der Waals surface area contributed by atoms with Crippen molar-refractivity contribution < 1.29 is 9.59 Å². The van der Waals surface area contributed by atoms with Gasteiger partial charge in [0, 0.05) is 16.6 Å². The first-order chi connectivity index (χ1) is 10.0. The standard InChI is InChI=1S/C15H20ClN3O2/c1-10-12(3-2-4-13(10)16)15(21)19(9-14(17)20)11-5-7-18-8-6-11/h2-4,11,18H,5-9H2,1H3,(H2,17,20). The first-order valence-electron chi connectivity index (χ1n) is 7.06. The third kappa shape index (κ3) is 3.74. The molecule has 0 aliphatic carbocycles. The molecule has 6 heteroatoms. The molecule has 3 N–H and O–H groups in total. The number of nitrogens with zero attached hydrogens (tertiary/aromatic N) is 1. The molecule has 1 aliphatic rings. The minimum absolute atomic E-state index is 0.0321. The number of nitrogens with one attached hydrogen (secondary N) is 1. The van der Waals surface area contributed by atoms with E-state index in [0.717, 1.165) is 31.5 Å². The quantitative estimate of drug-likeness (QED) is 0.881. The van der Waals surface area contributed by atoms with Gasteiger partial charge in [0.2, 0.25) is 5.91 Å². The lowest BCUT2D eigenvalue weighted by atomic mass is 10.0. The Hall–Kier alpha value is -1.59. The largest absolute Gasteiger partial charge is 0.368 e. The van der Waals surface area contributed by atoms with E-state index >= 15 is 0 Å². The van der Waals surface area contributed by atoms with E-state index in [1.165, 1.54) is 0 Å². The number of halogens is 1. The third-order valence-corrected chi connectivity index (χ3v) is 4.24. The van der Waals surface area contributed by atoms with Gasteiger partial charge in [-0.2, -0.15) is 0 Å². The van der Waals surface area contributed by atoms with E-state index < -0.39 is 5.91 Å². The second-order valence-electron chi connectivity index (χ2n) is 5.29. The first-order valence-corrected chi connectivity index (χ1v) is 7.43. The Morgan fingerprint density at radius 2 is 2.05 bits per heavy atom. The highest BCUT2D eigenvalue weighted by atomic mass is 35.5. The number of nitrogens with two attached hydrogens (primary N) is 1. The van der Waals surface area contributed by atoms with Crippen LogP contribution in [0.4, 0.5) is 0 Å². The van der Waals surface area contributed by atoms with Crippen LogP contribution in [-0.4, -0.2) is 42.4 Å². The summed E-state index contributed by atoms with van der Waals surface area (Å²) in [5.41, 5.74) is 6.57. The van der Waals surface area contributed by atoms with E-state index in [1.807, 2.05) is 0 Å². The van der Waals surface area contributed by atoms with Gasteiger partial charge in [-0.05, 0) is 50.6 Å². The van der Waals surface area contributed by atoms with Crippen LogP contribution in [0.2, 0.25) is 5.02 Å². The smallest absolute Gasteiger partial charge is 0.254 e. The van der Waals surface area contributed by atoms with Crippen molar-refractivity contribution in [3.63, 3.8) is 0 Å². The Bertz CT molecular complexity index is 542. The van der Waals surface area contributed by atoms with Gasteiger partial charge in [-0.3, -0.25) is 9.59 Å². The summed E-state index contributed by atoms with van der Waals surface area (Å²) in [6.07, 6.45) is 1.64. The minimum Gasteiger partial charge on any atom is -0.368 e. The number of amides is 2. The predicted molar refractivity (Wildman–Crippen MR) is 82.3 cm³/mol. The summed E-state index contributed by atoms with van der Waals surface area (Å²) in [4.78, 5) is 25.7. The zero-order chi connectivity index (χ0) is 15.4.